The average Bonchev–Trinajstić information content (AvgIpc) is 3.18. The summed E-state index contributed by atoms with van der Waals surface area (Å²) in [5, 5.41) is 39.4. The molecule has 3 aliphatic carbocycles. The number of hydrogen-bond acceptors (Lipinski definition) is 15. The minimum absolute atomic E-state index is 0.0376. The molecule has 0 aromatic heterocycles. The van der Waals surface area contributed by atoms with Crippen LogP contribution < -0.4 is 5.32 Å². The molecule has 1 aliphatic heterocycles. The maximum atomic E-state index is 15.4. The molecule has 11 atom stereocenters. The highest BCUT2D eigenvalue weighted by Crippen LogP contribution is 2.64. The van der Waals surface area contributed by atoms with Gasteiger partial charge >= 0.3 is 23.9 Å². The Morgan fingerprint density at radius 1 is 0.881 bits per heavy atom. The van der Waals surface area contributed by atoms with E-state index >= 15 is 4.79 Å². The lowest BCUT2D eigenvalue weighted by Crippen LogP contribution is -2.82. The molecule has 4 aliphatic rings. The van der Waals surface area contributed by atoms with Crippen LogP contribution in [0.4, 0.5) is 0 Å². The van der Waals surface area contributed by atoms with Crippen molar-refractivity contribution in [2.24, 2.45) is 16.7 Å². The Hall–Kier alpha value is -5.29. The highest BCUT2D eigenvalue weighted by Gasteiger charge is 2.78. The molecular weight excluding hydrogens is 770 g/mol. The number of Topliss-reactive ketones (excluding diaryl/α,β-unsaturated/α-hetero) is 2. The summed E-state index contributed by atoms with van der Waals surface area (Å²) in [6, 6.07) is 14.1. The Morgan fingerprint density at radius 2 is 1.49 bits per heavy atom. The smallest absolute Gasteiger partial charge is 0.338 e. The summed E-state index contributed by atoms with van der Waals surface area (Å²) in [5.74, 6) is -8.43. The zero-order chi connectivity index (χ0) is 43.4. The van der Waals surface area contributed by atoms with Gasteiger partial charge in [0.15, 0.2) is 23.6 Å². The fourth-order valence-corrected chi connectivity index (χ4v) is 9.61. The molecule has 2 aromatic carbocycles. The molecule has 6 rings (SSSR count). The molecule has 316 valence electrons. The Balaban J connectivity index is 1.56. The molecular formula is C43H49NO15. The van der Waals surface area contributed by atoms with E-state index in [9.17, 15) is 44.1 Å². The Labute approximate surface area is 340 Å². The van der Waals surface area contributed by atoms with Gasteiger partial charge in [0.25, 0.3) is 5.91 Å². The summed E-state index contributed by atoms with van der Waals surface area (Å²) in [6.07, 6.45) is -10.8. The first-order chi connectivity index (χ1) is 27.6. The number of benzene rings is 2. The highest BCUT2D eigenvalue weighted by atomic mass is 16.6. The predicted octanol–water partition coefficient (Wildman–Crippen LogP) is 2.01. The molecule has 16 heteroatoms. The number of esters is 4. The summed E-state index contributed by atoms with van der Waals surface area (Å²) < 4.78 is 30.0. The molecule has 1 heterocycles. The molecule has 0 spiro atoms. The van der Waals surface area contributed by atoms with Gasteiger partial charge in [-0.15, -0.1) is 0 Å². The van der Waals surface area contributed by atoms with Crippen LogP contribution in [-0.4, -0.2) is 111 Å². The summed E-state index contributed by atoms with van der Waals surface area (Å²) in [4.78, 5) is 94.0. The fourth-order valence-electron chi connectivity index (χ4n) is 9.61. The topological polar surface area (TPSA) is 238 Å². The number of aliphatic hydroxyl groups excluding tert-OH is 2. The van der Waals surface area contributed by atoms with Gasteiger partial charge < -0.3 is 44.3 Å². The van der Waals surface area contributed by atoms with Gasteiger partial charge in [0, 0.05) is 39.0 Å². The second kappa shape index (κ2) is 15.7. The fraction of sp³-hybridized carbons (Fsp3) is 0.512. The van der Waals surface area contributed by atoms with E-state index in [1.54, 1.807) is 36.4 Å². The maximum Gasteiger partial charge on any atom is 0.338 e. The number of ketones is 2. The van der Waals surface area contributed by atoms with Gasteiger partial charge in [0.1, 0.15) is 23.9 Å². The van der Waals surface area contributed by atoms with Gasteiger partial charge in [-0.2, -0.15) is 0 Å². The lowest BCUT2D eigenvalue weighted by atomic mass is 9.44. The SMILES string of the molecule is CC(=O)O[C@H]1C(=O)[C@@]2(C)C(C(OC(=O)c3ccccc3)[C@]3(O)C[C@H](OC(=O)[C@H](O)[C@@H](NC(=O)C(C)=O)c4ccccc4)C(C)=C1C3(C)C)[C@]1(OC(C)=O)CO[C@@H]1C[C@@H]2O. The maximum absolute atomic E-state index is 15.4. The van der Waals surface area contributed by atoms with Crippen LogP contribution in [0.3, 0.4) is 0 Å². The molecule has 2 bridgehead atoms. The Bertz CT molecular complexity index is 2080. The third-order valence-electron chi connectivity index (χ3n) is 12.8. The zero-order valence-electron chi connectivity index (χ0n) is 33.8. The number of carbonyl (C=O) groups excluding carboxylic acids is 7. The van der Waals surface area contributed by atoms with E-state index in [1.807, 2.05) is 0 Å². The molecule has 3 fully saturated rings. The standard InChI is InChI=1S/C43H49NO15/c1-21-27(57-39(53)32(49)31(44-37(51)22(2)45)25-14-10-8-11-15-25)19-43(54)36(58-38(52)26-16-12-9-13-17-26)34-41(7,28(48)18-29-42(34,20-55-29)59-24(4)47)35(50)33(56-23(3)46)30(21)40(43,5)6/h8-17,27-29,31-34,36,48-49,54H,18-20H2,1-7H3,(H,44,51)/t27-,28-,29+,31-,32+,33+,34?,36?,41+,42-,43+/m0/s1. The van der Waals surface area contributed by atoms with E-state index in [4.69, 9.17) is 23.7 Å². The first-order valence-corrected chi connectivity index (χ1v) is 19.3. The quantitative estimate of drug-likeness (QED) is 0.116. The summed E-state index contributed by atoms with van der Waals surface area (Å²) in [6.45, 7) is 8.80. The number of hydrogen-bond donors (Lipinski definition) is 4. The molecule has 0 radical (unpaired) electrons. The predicted molar refractivity (Wildman–Crippen MR) is 203 cm³/mol. The number of nitrogens with one attached hydrogen (secondary N) is 1. The lowest BCUT2D eigenvalue weighted by molar-refractivity contribution is -0.346. The molecule has 16 nitrogen and oxygen atoms in total. The second-order valence-electron chi connectivity index (χ2n) is 16.5. The molecule has 1 saturated heterocycles. The minimum atomic E-state index is -2.42. The van der Waals surface area contributed by atoms with Gasteiger partial charge in [-0.05, 0) is 42.7 Å². The van der Waals surface area contributed by atoms with Crippen LogP contribution >= 0.6 is 0 Å². The molecule has 2 aromatic rings. The van der Waals surface area contributed by atoms with E-state index in [-0.39, 0.29) is 35.3 Å². The minimum Gasteiger partial charge on any atom is -0.456 e. The van der Waals surface area contributed by atoms with Crippen molar-refractivity contribution in [2.75, 3.05) is 6.61 Å². The van der Waals surface area contributed by atoms with Crippen molar-refractivity contribution in [3.05, 3.63) is 82.9 Å². The van der Waals surface area contributed by atoms with Crippen LogP contribution in [0.1, 0.15) is 83.3 Å². The van der Waals surface area contributed by atoms with Crippen LogP contribution in [0.15, 0.2) is 71.8 Å². The third kappa shape index (κ3) is 7.15. The summed E-state index contributed by atoms with van der Waals surface area (Å²) in [5.41, 5.74) is -7.57. The molecule has 4 N–H and O–H groups in total. The largest absolute Gasteiger partial charge is 0.456 e. The molecule has 2 unspecified atom stereocenters. The average molecular weight is 820 g/mol. The van der Waals surface area contributed by atoms with Crippen molar-refractivity contribution in [1.82, 2.24) is 5.32 Å². The third-order valence-corrected chi connectivity index (χ3v) is 12.8. The van der Waals surface area contributed by atoms with Gasteiger partial charge in [-0.1, -0.05) is 62.4 Å². The van der Waals surface area contributed by atoms with Crippen molar-refractivity contribution >= 4 is 41.4 Å². The summed E-state index contributed by atoms with van der Waals surface area (Å²) in [7, 11) is 0. The molecule has 2 saturated carbocycles. The van der Waals surface area contributed by atoms with Crippen LogP contribution in [-0.2, 0) is 52.5 Å². The zero-order valence-corrected chi connectivity index (χ0v) is 33.8. The second-order valence-corrected chi connectivity index (χ2v) is 16.5. The Kier molecular flexibility index (Phi) is 11.5. The number of aliphatic hydroxyl groups is 3. The van der Waals surface area contributed by atoms with Crippen LogP contribution in [0.25, 0.3) is 0 Å². The first-order valence-electron chi connectivity index (χ1n) is 19.3. The highest BCUT2D eigenvalue weighted by molar-refractivity contribution is 6.35. The number of carbonyl (C=O) groups is 7. The molecule has 1 amide bonds. The van der Waals surface area contributed by atoms with Crippen molar-refractivity contribution in [3.63, 3.8) is 0 Å². The van der Waals surface area contributed by atoms with Crippen LogP contribution in [0, 0.1) is 16.7 Å². The normalized spacial score (nSPS) is 32.9. The van der Waals surface area contributed by atoms with Crippen LogP contribution in [0.2, 0.25) is 0 Å². The number of ether oxygens (including phenoxy) is 5. The van der Waals surface area contributed by atoms with E-state index in [1.165, 1.54) is 52.0 Å². The monoisotopic (exact) mass is 819 g/mol. The van der Waals surface area contributed by atoms with Gasteiger partial charge in [0.2, 0.25) is 5.78 Å². The van der Waals surface area contributed by atoms with E-state index in [0.717, 1.165) is 20.8 Å². The van der Waals surface area contributed by atoms with E-state index < -0.39 is 118 Å². The van der Waals surface area contributed by atoms with Crippen molar-refractivity contribution in [1.29, 1.82) is 0 Å². The number of amides is 1. The summed E-state index contributed by atoms with van der Waals surface area (Å²) >= 11 is 0. The van der Waals surface area contributed by atoms with E-state index in [0.29, 0.717) is 0 Å². The van der Waals surface area contributed by atoms with Gasteiger partial charge in [-0.3, -0.25) is 24.0 Å². The van der Waals surface area contributed by atoms with E-state index in [2.05, 4.69) is 5.32 Å². The van der Waals surface area contributed by atoms with Crippen molar-refractivity contribution in [2.45, 2.75) is 115 Å². The lowest BCUT2D eigenvalue weighted by Gasteiger charge is -2.67. The number of rotatable bonds is 10. The molecule has 59 heavy (non-hydrogen) atoms. The number of fused-ring (bicyclic) bond motifs is 5. The van der Waals surface area contributed by atoms with Crippen molar-refractivity contribution < 1.29 is 72.6 Å². The van der Waals surface area contributed by atoms with Gasteiger partial charge in [-0.25, -0.2) is 9.59 Å². The van der Waals surface area contributed by atoms with Crippen LogP contribution in [0.5, 0.6) is 0 Å². The van der Waals surface area contributed by atoms with Crippen molar-refractivity contribution in [3.8, 4) is 0 Å². The first kappa shape index (κ1) is 43.3. The van der Waals surface area contributed by atoms with Gasteiger partial charge in [0.05, 0.1) is 35.6 Å². The Morgan fingerprint density at radius 3 is 2.03 bits per heavy atom.